The zero-order valence-corrected chi connectivity index (χ0v) is 19.3. The average molecular weight is 484 g/mol. The second kappa shape index (κ2) is 8.32. The van der Waals surface area contributed by atoms with Crippen LogP contribution in [0.3, 0.4) is 0 Å². The number of amides is 1. The molecule has 4 N–H and O–H groups in total. The van der Waals surface area contributed by atoms with Crippen LogP contribution in [0.1, 0.15) is 16.3 Å². The number of fused-ring (bicyclic) bond motifs is 3. The second-order valence-corrected chi connectivity index (χ2v) is 9.48. The molecule has 0 aliphatic rings. The Hall–Kier alpha value is -4.15. The smallest absolute Gasteiger partial charge is 0.294 e. The number of aromatic nitrogens is 4. The van der Waals surface area contributed by atoms with Gasteiger partial charge in [-0.1, -0.05) is 47.7 Å². The Morgan fingerprint density at radius 3 is 2.71 bits per heavy atom. The Kier molecular flexibility index (Phi) is 5.01. The summed E-state index contributed by atoms with van der Waals surface area (Å²) in [6.07, 6.45) is 0. The molecule has 0 aliphatic heterocycles. The predicted molar refractivity (Wildman–Crippen MR) is 138 cm³/mol. The topological polar surface area (TPSA) is 119 Å². The molecule has 6 rings (SSSR count). The lowest BCUT2D eigenvalue weighted by Gasteiger charge is -2.11. The van der Waals surface area contributed by atoms with Gasteiger partial charge in [0.2, 0.25) is 5.82 Å². The molecule has 0 spiro atoms. The number of nitrogens with zero attached hydrogens (tertiary/aromatic N) is 4. The fourth-order valence-corrected chi connectivity index (χ4v) is 5.33. The van der Waals surface area contributed by atoms with E-state index < -0.39 is 5.91 Å². The van der Waals surface area contributed by atoms with Crippen molar-refractivity contribution in [2.75, 3.05) is 16.4 Å². The van der Waals surface area contributed by atoms with Crippen molar-refractivity contribution >= 4 is 76.6 Å². The number of anilines is 3. The van der Waals surface area contributed by atoms with E-state index in [1.165, 1.54) is 11.3 Å². The van der Waals surface area contributed by atoms with Crippen molar-refractivity contribution in [2.24, 2.45) is 0 Å². The van der Waals surface area contributed by atoms with Crippen LogP contribution in [-0.4, -0.2) is 25.8 Å². The Morgan fingerprint density at radius 2 is 1.79 bits per heavy atom. The lowest BCUT2D eigenvalue weighted by molar-refractivity contribution is 0.101. The molecule has 0 saturated carbocycles. The van der Waals surface area contributed by atoms with Gasteiger partial charge in [0.15, 0.2) is 5.13 Å². The van der Waals surface area contributed by atoms with Crippen LogP contribution in [0.5, 0.6) is 0 Å². The molecule has 0 atom stereocenters. The van der Waals surface area contributed by atoms with Gasteiger partial charge in [-0.15, -0.1) is 11.3 Å². The molecule has 0 fully saturated rings. The van der Waals surface area contributed by atoms with Crippen LogP contribution in [-0.2, 0) is 6.54 Å². The fraction of sp³-hybridized carbons (Fsp3) is 0.0417. The minimum atomic E-state index is -0.465. The third kappa shape index (κ3) is 3.78. The molecule has 1 amide bonds. The monoisotopic (exact) mass is 483 g/mol. The number of nitrogens with one attached hydrogen (secondary N) is 2. The number of thiazole rings is 1. The maximum absolute atomic E-state index is 12.9. The molecule has 0 bridgehead atoms. The van der Waals surface area contributed by atoms with Crippen molar-refractivity contribution in [1.82, 2.24) is 19.9 Å². The van der Waals surface area contributed by atoms with E-state index in [9.17, 15) is 4.79 Å². The number of nitrogens with two attached hydrogens (primary N) is 1. The number of rotatable bonds is 5. The van der Waals surface area contributed by atoms with E-state index in [2.05, 4.69) is 25.6 Å². The summed E-state index contributed by atoms with van der Waals surface area (Å²) in [6.45, 7) is 0.453. The predicted octanol–water partition coefficient (Wildman–Crippen LogP) is 5.30. The highest BCUT2D eigenvalue weighted by molar-refractivity contribution is 7.22. The van der Waals surface area contributed by atoms with Crippen molar-refractivity contribution in [3.05, 3.63) is 77.6 Å². The Balaban J connectivity index is 1.30. The number of thiophene rings is 1. The van der Waals surface area contributed by atoms with Gasteiger partial charge in [0.05, 0.1) is 32.7 Å². The van der Waals surface area contributed by atoms with Gasteiger partial charge in [-0.05, 0) is 35.0 Å². The molecule has 0 saturated heterocycles. The molecule has 0 radical (unpaired) electrons. The summed E-state index contributed by atoms with van der Waals surface area (Å²) < 4.78 is 1.88. The van der Waals surface area contributed by atoms with Gasteiger partial charge in [-0.2, -0.15) is 0 Å². The molecule has 4 heterocycles. The van der Waals surface area contributed by atoms with Gasteiger partial charge >= 0.3 is 0 Å². The summed E-state index contributed by atoms with van der Waals surface area (Å²) in [4.78, 5) is 30.7. The molecular weight excluding hydrogens is 466 g/mol. The van der Waals surface area contributed by atoms with Crippen LogP contribution in [0.2, 0.25) is 0 Å². The molecule has 2 aromatic carbocycles. The molecule has 10 heteroatoms. The van der Waals surface area contributed by atoms with Crippen molar-refractivity contribution in [1.29, 1.82) is 0 Å². The normalized spacial score (nSPS) is 11.3. The van der Waals surface area contributed by atoms with Gasteiger partial charge in [0.25, 0.3) is 5.91 Å². The van der Waals surface area contributed by atoms with Gasteiger partial charge in [-0.25, -0.2) is 19.9 Å². The summed E-state index contributed by atoms with van der Waals surface area (Å²) in [5.41, 5.74) is 8.40. The summed E-state index contributed by atoms with van der Waals surface area (Å²) >= 11 is 3.03. The first kappa shape index (κ1) is 20.5. The highest BCUT2D eigenvalue weighted by Gasteiger charge is 2.16. The van der Waals surface area contributed by atoms with Gasteiger partial charge in [0.1, 0.15) is 11.6 Å². The van der Waals surface area contributed by atoms with Crippen LogP contribution < -0.4 is 16.4 Å². The Morgan fingerprint density at radius 1 is 0.941 bits per heavy atom. The molecule has 0 aliphatic carbocycles. The number of carbonyl (C=O) groups excluding carboxylic acids is 1. The summed E-state index contributed by atoms with van der Waals surface area (Å²) in [7, 11) is 0. The first-order chi connectivity index (χ1) is 16.6. The molecule has 4 aromatic heterocycles. The Labute approximate surface area is 201 Å². The standard InChI is InChI=1S/C24H17N7OS2/c25-21-20-16(9-10-33-20)28-22(31-21)23(32)30-19-11-13-5-1-2-6-14(13)17(27-19)12-26-24-29-15-7-3-4-8-18(15)34-24/h1-11H,12H2,(H,26,29)(H2,25,28,31)(H,27,30,32). The van der Waals surface area contributed by atoms with Crippen LogP contribution in [0.15, 0.2) is 66.0 Å². The maximum atomic E-state index is 12.9. The summed E-state index contributed by atoms with van der Waals surface area (Å²) in [5, 5.41) is 10.8. The zero-order chi connectivity index (χ0) is 23.1. The van der Waals surface area contributed by atoms with Crippen LogP contribution in [0.25, 0.3) is 31.2 Å². The number of hydrogen-bond donors (Lipinski definition) is 3. The Bertz CT molecular complexity index is 1660. The number of pyridine rings is 1. The van der Waals surface area contributed by atoms with E-state index in [-0.39, 0.29) is 11.6 Å². The highest BCUT2D eigenvalue weighted by Crippen LogP contribution is 2.28. The number of carbonyl (C=O) groups is 1. The van der Waals surface area contributed by atoms with Crippen molar-refractivity contribution in [3.8, 4) is 0 Å². The second-order valence-electron chi connectivity index (χ2n) is 7.54. The van der Waals surface area contributed by atoms with Crippen LogP contribution in [0.4, 0.5) is 16.8 Å². The molecule has 34 heavy (non-hydrogen) atoms. The average Bonchev–Trinajstić information content (AvgIpc) is 3.49. The minimum absolute atomic E-state index is 0.00695. The van der Waals surface area contributed by atoms with Crippen LogP contribution in [0, 0.1) is 0 Å². The van der Waals surface area contributed by atoms with Crippen LogP contribution >= 0.6 is 22.7 Å². The van der Waals surface area contributed by atoms with E-state index in [1.807, 2.05) is 66.0 Å². The van der Waals surface area contributed by atoms with Crippen molar-refractivity contribution in [3.63, 3.8) is 0 Å². The third-order valence-electron chi connectivity index (χ3n) is 5.29. The molecule has 8 nitrogen and oxygen atoms in total. The zero-order valence-electron chi connectivity index (χ0n) is 17.6. The van der Waals surface area contributed by atoms with E-state index in [1.54, 1.807) is 11.3 Å². The molecule has 6 aromatic rings. The lowest BCUT2D eigenvalue weighted by atomic mass is 10.1. The van der Waals surface area contributed by atoms with E-state index in [0.29, 0.717) is 17.9 Å². The van der Waals surface area contributed by atoms with E-state index in [4.69, 9.17) is 10.7 Å². The largest absolute Gasteiger partial charge is 0.382 e. The third-order valence-corrected chi connectivity index (χ3v) is 7.21. The first-order valence-corrected chi connectivity index (χ1v) is 12.1. The summed E-state index contributed by atoms with van der Waals surface area (Å²) in [5.74, 6) is 0.245. The van der Waals surface area contributed by atoms with Gasteiger partial charge < -0.3 is 16.4 Å². The summed E-state index contributed by atoms with van der Waals surface area (Å²) in [6, 6.07) is 19.6. The van der Waals surface area contributed by atoms with Gasteiger partial charge in [0, 0.05) is 5.39 Å². The number of hydrogen-bond acceptors (Lipinski definition) is 9. The molecular formula is C24H17N7OS2. The first-order valence-electron chi connectivity index (χ1n) is 10.4. The number of para-hydroxylation sites is 1. The molecule has 0 unspecified atom stereocenters. The number of benzene rings is 2. The molecule has 166 valence electrons. The lowest BCUT2D eigenvalue weighted by Crippen LogP contribution is -2.18. The minimum Gasteiger partial charge on any atom is -0.382 e. The number of nitrogen functional groups attached to an aromatic ring is 1. The SMILES string of the molecule is Nc1nc(C(=O)Nc2cc3ccccc3c(CNc3nc4ccccc4s3)n2)nc2ccsc12. The fourth-order valence-electron chi connectivity index (χ4n) is 3.74. The highest BCUT2D eigenvalue weighted by atomic mass is 32.1. The van der Waals surface area contributed by atoms with Crippen molar-refractivity contribution < 1.29 is 4.79 Å². The maximum Gasteiger partial charge on any atom is 0.294 e. The quantitative estimate of drug-likeness (QED) is 0.305. The van der Waals surface area contributed by atoms with Gasteiger partial charge in [-0.3, -0.25) is 4.79 Å². The van der Waals surface area contributed by atoms with E-state index >= 15 is 0 Å². The van der Waals surface area contributed by atoms with E-state index in [0.717, 1.165) is 36.5 Å². The van der Waals surface area contributed by atoms with Crippen molar-refractivity contribution in [2.45, 2.75) is 6.54 Å².